The van der Waals surface area contributed by atoms with E-state index in [4.69, 9.17) is 21.1 Å². The molecule has 3 rings (SSSR count). The van der Waals surface area contributed by atoms with E-state index in [1.807, 2.05) is 0 Å². The van der Waals surface area contributed by atoms with E-state index in [-0.39, 0.29) is 0 Å². The molecule has 22 heavy (non-hydrogen) atoms. The van der Waals surface area contributed by atoms with Gasteiger partial charge in [-0.2, -0.15) is 0 Å². The molecular weight excluding hydrogens is 310 g/mol. The van der Waals surface area contributed by atoms with Gasteiger partial charge in [0.2, 0.25) is 5.91 Å². The average molecular weight is 324 g/mol. The van der Waals surface area contributed by atoms with Crippen molar-refractivity contribution < 1.29 is 24.2 Å². The number of carbonyl (C=O) groups is 2. The molecule has 1 aromatic carbocycles. The maximum atomic E-state index is 12.5. The normalized spacial score (nSPS) is 28.6. The molecule has 0 spiro atoms. The van der Waals surface area contributed by atoms with Crippen molar-refractivity contribution in [3.05, 3.63) is 35.4 Å². The lowest BCUT2D eigenvalue weighted by Gasteiger charge is -2.21. The Morgan fingerprint density at radius 2 is 1.95 bits per heavy atom. The number of benzene rings is 1. The Morgan fingerprint density at radius 3 is 2.59 bits per heavy atom. The van der Waals surface area contributed by atoms with E-state index in [0.717, 1.165) is 0 Å². The molecule has 4 atom stereocenters. The molecule has 1 amide bonds. The average Bonchev–Trinajstić information content (AvgIpc) is 3.08. The third kappa shape index (κ3) is 2.44. The topological polar surface area (TPSA) is 84.9 Å². The van der Waals surface area contributed by atoms with Crippen LogP contribution in [0.4, 0.5) is 5.69 Å². The van der Waals surface area contributed by atoms with Crippen molar-refractivity contribution in [3.8, 4) is 5.75 Å². The first kappa shape index (κ1) is 14.9. The number of carbonyl (C=O) groups excluding carboxylic acids is 1. The number of hydrogen-bond donors (Lipinski definition) is 2. The maximum Gasteiger partial charge on any atom is 0.310 e. The van der Waals surface area contributed by atoms with Crippen LogP contribution in [0.15, 0.2) is 30.4 Å². The largest absolute Gasteiger partial charge is 0.495 e. The van der Waals surface area contributed by atoms with Crippen LogP contribution >= 0.6 is 11.6 Å². The molecule has 2 aliphatic rings. The van der Waals surface area contributed by atoms with Gasteiger partial charge in [0.15, 0.2) is 0 Å². The summed E-state index contributed by atoms with van der Waals surface area (Å²) in [5.74, 6) is -2.69. The molecule has 116 valence electrons. The van der Waals surface area contributed by atoms with Crippen LogP contribution in [0.5, 0.6) is 5.75 Å². The van der Waals surface area contributed by atoms with Gasteiger partial charge in [-0.3, -0.25) is 9.59 Å². The zero-order valence-corrected chi connectivity index (χ0v) is 12.4. The first-order valence-corrected chi connectivity index (χ1v) is 7.10. The van der Waals surface area contributed by atoms with Gasteiger partial charge in [0.05, 0.1) is 30.9 Å². The number of nitrogens with one attached hydrogen (secondary N) is 1. The number of aliphatic carboxylic acids is 1. The van der Waals surface area contributed by atoms with Crippen LogP contribution in [0.2, 0.25) is 5.02 Å². The van der Waals surface area contributed by atoms with Crippen LogP contribution in [0.3, 0.4) is 0 Å². The highest BCUT2D eigenvalue weighted by Gasteiger charge is 2.53. The van der Waals surface area contributed by atoms with Crippen molar-refractivity contribution in [3.63, 3.8) is 0 Å². The van der Waals surface area contributed by atoms with E-state index in [1.54, 1.807) is 30.4 Å². The number of rotatable bonds is 4. The number of carboxylic acids is 1. The predicted molar refractivity (Wildman–Crippen MR) is 79.1 cm³/mol. The number of anilines is 1. The van der Waals surface area contributed by atoms with E-state index in [1.165, 1.54) is 7.11 Å². The first-order chi connectivity index (χ1) is 10.5. The molecule has 7 heteroatoms. The Kier molecular flexibility index (Phi) is 3.80. The van der Waals surface area contributed by atoms with E-state index in [2.05, 4.69) is 5.32 Å². The van der Waals surface area contributed by atoms with Crippen LogP contribution in [0.25, 0.3) is 0 Å². The minimum Gasteiger partial charge on any atom is -0.495 e. The van der Waals surface area contributed by atoms with Gasteiger partial charge in [-0.1, -0.05) is 23.8 Å². The van der Waals surface area contributed by atoms with Crippen LogP contribution in [-0.4, -0.2) is 36.3 Å². The summed E-state index contributed by atoms with van der Waals surface area (Å²) in [7, 11) is 1.47. The zero-order chi connectivity index (χ0) is 15.9. The summed E-state index contributed by atoms with van der Waals surface area (Å²) in [6.07, 6.45) is 2.34. The highest BCUT2D eigenvalue weighted by atomic mass is 35.5. The number of methoxy groups -OCH3 is 1. The smallest absolute Gasteiger partial charge is 0.310 e. The fraction of sp³-hybridized carbons (Fsp3) is 0.333. The van der Waals surface area contributed by atoms with Gasteiger partial charge in [0.1, 0.15) is 11.7 Å². The van der Waals surface area contributed by atoms with Gasteiger partial charge >= 0.3 is 5.97 Å². The lowest BCUT2D eigenvalue weighted by molar-refractivity contribution is -0.145. The summed E-state index contributed by atoms with van der Waals surface area (Å²) in [5, 5.41) is 12.5. The minimum absolute atomic E-state index is 0.399. The van der Waals surface area contributed by atoms with Crippen molar-refractivity contribution in [1.82, 2.24) is 0 Å². The Hall–Kier alpha value is -2.05. The van der Waals surface area contributed by atoms with Gasteiger partial charge in [-0.05, 0) is 18.2 Å². The standard InChI is InChI=1S/C15H14ClNO5/c1-21-9-3-2-7(16)6-8(9)17-14(18)12-10-4-5-11(22-10)13(12)15(19)20/h2-6,10-13H,1H3,(H,17,18)(H,19,20)/t10-,11+,12+,13+/m1/s1. The molecule has 0 radical (unpaired) electrons. The molecular formula is C15H14ClNO5. The second-order valence-corrected chi connectivity index (χ2v) is 5.61. The van der Waals surface area contributed by atoms with Crippen LogP contribution in [-0.2, 0) is 14.3 Å². The van der Waals surface area contributed by atoms with Gasteiger partial charge in [0, 0.05) is 5.02 Å². The number of carboxylic acid groups (broad SMARTS) is 1. The Morgan fingerprint density at radius 1 is 1.27 bits per heavy atom. The highest BCUT2D eigenvalue weighted by Crippen LogP contribution is 2.40. The number of hydrogen-bond acceptors (Lipinski definition) is 4. The van der Waals surface area contributed by atoms with Crippen molar-refractivity contribution in [2.75, 3.05) is 12.4 Å². The maximum absolute atomic E-state index is 12.5. The molecule has 0 saturated carbocycles. The quantitative estimate of drug-likeness (QED) is 0.827. The van der Waals surface area contributed by atoms with Crippen LogP contribution in [0, 0.1) is 11.8 Å². The molecule has 1 aromatic rings. The number of fused-ring (bicyclic) bond motifs is 2. The Labute approximate surface area is 131 Å². The van der Waals surface area contributed by atoms with Crippen LogP contribution in [0.1, 0.15) is 0 Å². The highest BCUT2D eigenvalue weighted by molar-refractivity contribution is 6.31. The fourth-order valence-corrected chi connectivity index (χ4v) is 3.08. The summed E-state index contributed by atoms with van der Waals surface area (Å²) < 4.78 is 10.7. The number of ether oxygens (including phenoxy) is 2. The van der Waals surface area contributed by atoms with E-state index >= 15 is 0 Å². The Bertz CT molecular complexity index is 659. The molecule has 2 N–H and O–H groups in total. The van der Waals surface area contributed by atoms with Crippen molar-refractivity contribution in [2.24, 2.45) is 11.8 Å². The summed E-state index contributed by atoms with van der Waals surface area (Å²) in [5.41, 5.74) is 0.399. The summed E-state index contributed by atoms with van der Waals surface area (Å²) in [6.45, 7) is 0. The fourth-order valence-electron chi connectivity index (χ4n) is 2.91. The second-order valence-electron chi connectivity index (χ2n) is 5.17. The molecule has 1 saturated heterocycles. The molecule has 0 aromatic heterocycles. The SMILES string of the molecule is COc1ccc(Cl)cc1NC(=O)[C@@H]1[C@@H](C(=O)O)[C@@H]2C=C[C@H]1O2. The van der Waals surface area contributed by atoms with Crippen molar-refractivity contribution >= 4 is 29.2 Å². The summed E-state index contributed by atoms with van der Waals surface area (Å²) in [4.78, 5) is 23.9. The summed E-state index contributed by atoms with van der Waals surface area (Å²) in [6, 6.07) is 4.82. The number of halogens is 1. The molecule has 6 nitrogen and oxygen atoms in total. The predicted octanol–water partition coefficient (Wildman–Crippen LogP) is 1.94. The molecule has 2 bridgehead atoms. The number of amides is 1. The van der Waals surface area contributed by atoms with Gasteiger partial charge in [0.25, 0.3) is 0 Å². The lowest BCUT2D eigenvalue weighted by atomic mass is 9.82. The van der Waals surface area contributed by atoms with Crippen LogP contribution < -0.4 is 10.1 Å². The van der Waals surface area contributed by atoms with Gasteiger partial charge in [-0.25, -0.2) is 0 Å². The molecule has 1 fully saturated rings. The third-order valence-corrected chi connectivity index (χ3v) is 4.14. The van der Waals surface area contributed by atoms with E-state index in [0.29, 0.717) is 16.5 Å². The monoisotopic (exact) mass is 323 g/mol. The van der Waals surface area contributed by atoms with Gasteiger partial charge in [-0.15, -0.1) is 0 Å². The molecule has 0 unspecified atom stereocenters. The van der Waals surface area contributed by atoms with Crippen molar-refractivity contribution in [2.45, 2.75) is 12.2 Å². The van der Waals surface area contributed by atoms with Crippen molar-refractivity contribution in [1.29, 1.82) is 0 Å². The Balaban J connectivity index is 1.84. The lowest BCUT2D eigenvalue weighted by Crippen LogP contribution is -2.39. The van der Waals surface area contributed by atoms with Gasteiger partial charge < -0.3 is 19.9 Å². The minimum atomic E-state index is -1.05. The summed E-state index contributed by atoms with van der Waals surface area (Å²) >= 11 is 5.92. The molecule has 2 aliphatic heterocycles. The molecule has 0 aliphatic carbocycles. The third-order valence-electron chi connectivity index (χ3n) is 3.91. The van der Waals surface area contributed by atoms with E-state index in [9.17, 15) is 14.7 Å². The molecule has 2 heterocycles. The second kappa shape index (κ2) is 5.62. The first-order valence-electron chi connectivity index (χ1n) is 6.72. The zero-order valence-electron chi connectivity index (χ0n) is 11.7. The van der Waals surface area contributed by atoms with E-state index < -0.39 is 35.9 Å².